The van der Waals surface area contributed by atoms with Gasteiger partial charge < -0.3 is 20.0 Å². The van der Waals surface area contributed by atoms with Crippen LogP contribution in [0.3, 0.4) is 0 Å². The summed E-state index contributed by atoms with van der Waals surface area (Å²) in [4.78, 5) is 48.8. The molecule has 1 unspecified atom stereocenters. The van der Waals surface area contributed by atoms with E-state index in [9.17, 15) is 14.4 Å². The number of nitrogens with zero attached hydrogens (tertiary/aromatic N) is 4. The van der Waals surface area contributed by atoms with Gasteiger partial charge in [-0.25, -0.2) is 0 Å². The molecule has 2 saturated heterocycles. The lowest BCUT2D eigenvalue weighted by Crippen LogP contribution is -2.58. The van der Waals surface area contributed by atoms with Gasteiger partial charge in [0.2, 0.25) is 17.7 Å². The Balaban J connectivity index is 1.68. The molecule has 0 saturated carbocycles. The summed E-state index contributed by atoms with van der Waals surface area (Å²) < 4.78 is 0. The summed E-state index contributed by atoms with van der Waals surface area (Å²) in [6, 6.07) is 6.92. The first-order chi connectivity index (χ1) is 19.8. The monoisotopic (exact) mass is 601 g/mol. The maximum absolute atomic E-state index is 13.9. The number of piperidine rings is 1. The summed E-state index contributed by atoms with van der Waals surface area (Å²) in [7, 11) is 1.78. The number of amides is 3. The van der Waals surface area contributed by atoms with E-state index in [2.05, 4.69) is 42.8 Å². The van der Waals surface area contributed by atoms with Crippen LogP contribution in [-0.4, -0.2) is 96.4 Å². The summed E-state index contributed by atoms with van der Waals surface area (Å²) in [5, 5.41) is 3.83. The molecule has 0 radical (unpaired) electrons. The molecule has 9 heteroatoms. The average Bonchev–Trinajstić information content (AvgIpc) is 2.97. The standard InChI is InChI=1S/C33H52ClN5O3/c1-22(2)29(21-25(7)32(41)38-19-17-37(18-20-38)27-14-10-9-13-26(27)34)36(8)33(42)30(23(3)4)35-31(40)28-15-11-12-16-39(28)24(5)6/h9-10,13-14,21-24,28-30H,11-12,15-20H2,1-8H3,(H,35,40)/b25-21+/t28?,29-,30+/m1/s1. The Bertz CT molecular complexity index is 1110. The van der Waals surface area contributed by atoms with Gasteiger partial charge in [0.15, 0.2) is 0 Å². The van der Waals surface area contributed by atoms with E-state index in [0.29, 0.717) is 36.8 Å². The molecule has 0 spiro atoms. The summed E-state index contributed by atoms with van der Waals surface area (Å²) in [6.45, 7) is 17.6. The fourth-order valence-corrected chi connectivity index (χ4v) is 6.43. The Morgan fingerprint density at radius 2 is 1.60 bits per heavy atom. The summed E-state index contributed by atoms with van der Waals surface area (Å²) in [6.07, 6.45) is 4.84. The van der Waals surface area contributed by atoms with Gasteiger partial charge in [-0.15, -0.1) is 0 Å². The first-order valence-electron chi connectivity index (χ1n) is 15.6. The van der Waals surface area contributed by atoms with Crippen molar-refractivity contribution < 1.29 is 14.4 Å². The molecule has 2 heterocycles. The van der Waals surface area contributed by atoms with Gasteiger partial charge in [-0.2, -0.15) is 0 Å². The lowest BCUT2D eigenvalue weighted by molar-refractivity contribution is -0.140. The molecule has 8 nitrogen and oxygen atoms in total. The zero-order valence-corrected chi connectivity index (χ0v) is 27.7. The van der Waals surface area contributed by atoms with Crippen LogP contribution in [-0.2, 0) is 14.4 Å². The molecule has 1 aromatic carbocycles. The number of likely N-dealkylation sites (N-methyl/N-ethyl adjacent to an activating group) is 1. The van der Waals surface area contributed by atoms with Crippen LogP contribution in [0.4, 0.5) is 5.69 Å². The van der Waals surface area contributed by atoms with Crippen LogP contribution in [0.25, 0.3) is 0 Å². The van der Waals surface area contributed by atoms with E-state index in [1.807, 2.05) is 56.0 Å². The molecule has 3 atom stereocenters. The van der Waals surface area contributed by atoms with Crippen LogP contribution in [0.2, 0.25) is 5.02 Å². The van der Waals surface area contributed by atoms with Crippen molar-refractivity contribution in [1.29, 1.82) is 0 Å². The molecule has 2 fully saturated rings. The molecule has 0 aliphatic carbocycles. The molecule has 1 N–H and O–H groups in total. The number of anilines is 1. The Hall–Kier alpha value is -2.58. The predicted octanol–water partition coefficient (Wildman–Crippen LogP) is 4.82. The zero-order chi connectivity index (χ0) is 31.1. The van der Waals surface area contributed by atoms with Crippen LogP contribution >= 0.6 is 11.6 Å². The second-order valence-corrected chi connectivity index (χ2v) is 13.2. The average molecular weight is 602 g/mol. The first kappa shape index (κ1) is 33.9. The number of rotatable bonds is 10. The number of piperazine rings is 1. The lowest BCUT2D eigenvalue weighted by Gasteiger charge is -2.39. The van der Waals surface area contributed by atoms with Gasteiger partial charge in [-0.1, -0.05) is 63.9 Å². The third-order valence-corrected chi connectivity index (χ3v) is 9.06. The van der Waals surface area contributed by atoms with Crippen molar-refractivity contribution in [3.63, 3.8) is 0 Å². The number of halogens is 1. The molecule has 3 rings (SSSR count). The fraction of sp³-hybridized carbons (Fsp3) is 0.667. The van der Waals surface area contributed by atoms with Crippen molar-refractivity contribution in [2.45, 2.75) is 91.9 Å². The minimum Gasteiger partial charge on any atom is -0.367 e. The largest absolute Gasteiger partial charge is 0.367 e. The van der Waals surface area contributed by atoms with E-state index in [1.54, 1.807) is 11.9 Å². The summed E-state index contributed by atoms with van der Waals surface area (Å²) in [5.41, 5.74) is 1.62. The van der Waals surface area contributed by atoms with Crippen LogP contribution in [0.1, 0.15) is 67.7 Å². The van der Waals surface area contributed by atoms with Gasteiger partial charge in [0.05, 0.1) is 22.8 Å². The maximum atomic E-state index is 13.9. The van der Waals surface area contributed by atoms with E-state index in [1.165, 1.54) is 0 Å². The number of hydrogen-bond acceptors (Lipinski definition) is 5. The quantitative estimate of drug-likeness (QED) is 0.389. The van der Waals surface area contributed by atoms with Crippen molar-refractivity contribution >= 4 is 35.0 Å². The Morgan fingerprint density at radius 1 is 0.952 bits per heavy atom. The van der Waals surface area contributed by atoms with Crippen molar-refractivity contribution in [3.05, 3.63) is 40.9 Å². The molecule has 0 aromatic heterocycles. The van der Waals surface area contributed by atoms with Gasteiger partial charge in [-0.05, 0) is 64.1 Å². The number of para-hydroxylation sites is 1. The molecule has 2 aliphatic rings. The Labute approximate surface area is 258 Å². The highest BCUT2D eigenvalue weighted by molar-refractivity contribution is 6.33. The highest BCUT2D eigenvalue weighted by Crippen LogP contribution is 2.27. The number of benzene rings is 1. The Morgan fingerprint density at radius 3 is 2.17 bits per heavy atom. The van der Waals surface area contributed by atoms with E-state index < -0.39 is 6.04 Å². The smallest absolute Gasteiger partial charge is 0.249 e. The van der Waals surface area contributed by atoms with Crippen LogP contribution in [0.15, 0.2) is 35.9 Å². The Kier molecular flexibility index (Phi) is 12.3. The second-order valence-electron chi connectivity index (χ2n) is 12.8. The van der Waals surface area contributed by atoms with E-state index in [-0.39, 0.29) is 47.7 Å². The summed E-state index contributed by atoms with van der Waals surface area (Å²) in [5.74, 6) is -0.206. The molecule has 1 aromatic rings. The highest BCUT2D eigenvalue weighted by atomic mass is 35.5. The molecule has 0 bridgehead atoms. The van der Waals surface area contributed by atoms with Gasteiger partial charge in [0, 0.05) is 44.8 Å². The fourth-order valence-electron chi connectivity index (χ4n) is 6.17. The molecular formula is C33H52ClN5O3. The lowest BCUT2D eigenvalue weighted by atomic mass is 9.95. The number of nitrogens with one attached hydrogen (secondary N) is 1. The van der Waals surface area contributed by atoms with E-state index in [0.717, 1.165) is 31.5 Å². The zero-order valence-electron chi connectivity index (χ0n) is 26.9. The number of hydrogen-bond donors (Lipinski definition) is 1. The van der Waals surface area contributed by atoms with Crippen LogP contribution in [0.5, 0.6) is 0 Å². The van der Waals surface area contributed by atoms with Gasteiger partial charge >= 0.3 is 0 Å². The number of carbonyl (C=O) groups is 3. The minimum atomic E-state index is -0.637. The normalized spacial score (nSPS) is 20.2. The van der Waals surface area contributed by atoms with E-state index in [4.69, 9.17) is 11.6 Å². The predicted molar refractivity (Wildman–Crippen MR) is 172 cm³/mol. The van der Waals surface area contributed by atoms with E-state index >= 15 is 0 Å². The minimum absolute atomic E-state index is 0.0138. The molecule has 234 valence electrons. The third-order valence-electron chi connectivity index (χ3n) is 8.74. The van der Waals surface area contributed by atoms with Gasteiger partial charge in [0.1, 0.15) is 6.04 Å². The van der Waals surface area contributed by atoms with Crippen molar-refractivity contribution in [1.82, 2.24) is 20.0 Å². The SMILES string of the molecule is C/C(=C\[C@H](C(C)C)N(C)C(=O)[C@@H](NC(=O)C1CCCCN1C(C)C)C(C)C)C(=O)N1CCN(c2ccccc2Cl)CC1. The highest BCUT2D eigenvalue weighted by Gasteiger charge is 2.36. The third kappa shape index (κ3) is 8.28. The molecule has 3 amide bonds. The maximum Gasteiger partial charge on any atom is 0.249 e. The number of carbonyl (C=O) groups excluding carboxylic acids is 3. The van der Waals surface area contributed by atoms with Gasteiger partial charge in [-0.3, -0.25) is 19.3 Å². The first-order valence-corrected chi connectivity index (χ1v) is 16.0. The topological polar surface area (TPSA) is 76.2 Å². The van der Waals surface area contributed by atoms with Crippen molar-refractivity contribution in [2.75, 3.05) is 44.7 Å². The van der Waals surface area contributed by atoms with Crippen molar-refractivity contribution in [2.24, 2.45) is 11.8 Å². The second kappa shape index (κ2) is 15.2. The van der Waals surface area contributed by atoms with Crippen LogP contribution in [0, 0.1) is 11.8 Å². The molecule has 2 aliphatic heterocycles. The van der Waals surface area contributed by atoms with Crippen LogP contribution < -0.4 is 10.2 Å². The molecular weight excluding hydrogens is 550 g/mol. The van der Waals surface area contributed by atoms with Crippen molar-refractivity contribution in [3.8, 4) is 0 Å². The molecule has 42 heavy (non-hydrogen) atoms. The van der Waals surface area contributed by atoms with Gasteiger partial charge in [0.25, 0.3) is 0 Å². The number of likely N-dealkylation sites (tertiary alicyclic amines) is 1. The summed E-state index contributed by atoms with van der Waals surface area (Å²) >= 11 is 6.39.